The van der Waals surface area contributed by atoms with Crippen LogP contribution >= 0.6 is 0 Å². The lowest BCUT2D eigenvalue weighted by Gasteiger charge is -2.19. The van der Waals surface area contributed by atoms with Crippen molar-refractivity contribution in [2.45, 2.75) is 12.6 Å². The van der Waals surface area contributed by atoms with Gasteiger partial charge in [-0.05, 0) is 12.1 Å². The van der Waals surface area contributed by atoms with Crippen molar-refractivity contribution in [2.24, 2.45) is 0 Å². The predicted molar refractivity (Wildman–Crippen MR) is 92.2 cm³/mol. The number of halogens is 1. The van der Waals surface area contributed by atoms with Crippen LogP contribution < -0.4 is 15.0 Å². The number of fused-ring (bicyclic) bond motifs is 1. The van der Waals surface area contributed by atoms with E-state index in [0.29, 0.717) is 17.3 Å². The Hall–Kier alpha value is -3.76. The van der Waals surface area contributed by atoms with Crippen molar-refractivity contribution in [2.75, 3.05) is 18.6 Å². The van der Waals surface area contributed by atoms with E-state index in [1.807, 2.05) is 0 Å². The number of nitrogens with zero attached hydrogens (tertiary/aromatic N) is 5. The van der Waals surface area contributed by atoms with Crippen LogP contribution in [0.3, 0.4) is 0 Å². The van der Waals surface area contributed by atoms with Gasteiger partial charge in [0.1, 0.15) is 24.6 Å². The number of likely N-dealkylation sites (N-methyl/N-ethyl adjacent to an activating group) is 1. The zero-order valence-corrected chi connectivity index (χ0v) is 14.7. The molecule has 1 aliphatic heterocycles. The molecule has 1 N–H and O–H groups in total. The SMILES string of the molecule is CN1C(=O)[C@@H](NC(=O)c2nn(Cc3cocn3)cc2F)COc2cccnc21. The number of carbonyl (C=O) groups excluding carboxylic acids is 2. The Bertz CT molecular complexity index is 1020. The smallest absolute Gasteiger partial charge is 0.275 e. The third kappa shape index (κ3) is 3.29. The van der Waals surface area contributed by atoms with Gasteiger partial charge in [-0.25, -0.2) is 14.4 Å². The van der Waals surface area contributed by atoms with Crippen LogP contribution in [0.1, 0.15) is 16.2 Å². The molecule has 0 bridgehead atoms. The molecule has 0 aromatic carbocycles. The molecule has 1 aliphatic rings. The second kappa shape index (κ2) is 7.10. The average molecular weight is 386 g/mol. The summed E-state index contributed by atoms with van der Waals surface area (Å²) in [5, 5.41) is 6.40. The first kappa shape index (κ1) is 17.6. The van der Waals surface area contributed by atoms with Gasteiger partial charge < -0.3 is 14.5 Å². The minimum absolute atomic E-state index is 0.116. The standard InChI is InChI=1S/C17H15FN6O4/c1-23-15-13(3-2-4-19-15)28-8-12(17(23)26)21-16(25)14-11(18)6-24(22-14)5-10-7-27-9-20-10/h2-4,6-7,9,12H,5,8H2,1H3,(H,21,25)/t12-/m0/s1. The van der Waals surface area contributed by atoms with Gasteiger partial charge in [0.2, 0.25) is 0 Å². The first-order valence-electron chi connectivity index (χ1n) is 8.29. The number of carbonyl (C=O) groups is 2. The molecule has 2 amide bonds. The summed E-state index contributed by atoms with van der Waals surface area (Å²) in [5.41, 5.74) is 0.0903. The number of ether oxygens (including phenoxy) is 1. The molecule has 0 saturated heterocycles. The summed E-state index contributed by atoms with van der Waals surface area (Å²) < 4.78 is 25.8. The molecule has 0 saturated carbocycles. The number of oxazole rings is 1. The minimum atomic E-state index is -1.02. The fourth-order valence-corrected chi connectivity index (χ4v) is 2.77. The van der Waals surface area contributed by atoms with Crippen molar-refractivity contribution in [3.8, 4) is 5.75 Å². The molecule has 4 heterocycles. The monoisotopic (exact) mass is 386 g/mol. The summed E-state index contributed by atoms with van der Waals surface area (Å²) in [6.45, 7) is 0.0186. The summed E-state index contributed by atoms with van der Waals surface area (Å²) in [7, 11) is 1.52. The van der Waals surface area contributed by atoms with Gasteiger partial charge in [0.15, 0.2) is 29.5 Å². The van der Waals surface area contributed by atoms with Gasteiger partial charge in [0, 0.05) is 13.2 Å². The molecule has 11 heteroatoms. The van der Waals surface area contributed by atoms with Crippen LogP contribution in [0.4, 0.5) is 10.2 Å². The lowest BCUT2D eigenvalue weighted by molar-refractivity contribution is -0.120. The fraction of sp³-hybridized carbons (Fsp3) is 0.235. The molecule has 10 nitrogen and oxygen atoms in total. The van der Waals surface area contributed by atoms with E-state index in [-0.39, 0.29) is 13.2 Å². The van der Waals surface area contributed by atoms with E-state index in [4.69, 9.17) is 9.15 Å². The Balaban J connectivity index is 1.49. The van der Waals surface area contributed by atoms with Crippen LogP contribution in [0, 0.1) is 5.82 Å². The normalized spacial score (nSPS) is 16.3. The van der Waals surface area contributed by atoms with Crippen LogP contribution in [0.25, 0.3) is 0 Å². The Morgan fingerprint density at radius 1 is 1.43 bits per heavy atom. The van der Waals surface area contributed by atoms with Gasteiger partial charge in [-0.3, -0.25) is 19.2 Å². The van der Waals surface area contributed by atoms with Crippen LogP contribution in [0.5, 0.6) is 5.75 Å². The summed E-state index contributed by atoms with van der Waals surface area (Å²) in [5.74, 6) is -1.33. The first-order chi connectivity index (χ1) is 13.5. The van der Waals surface area contributed by atoms with Gasteiger partial charge in [-0.1, -0.05) is 0 Å². The minimum Gasteiger partial charge on any atom is -0.487 e. The highest BCUT2D eigenvalue weighted by Crippen LogP contribution is 2.27. The summed E-state index contributed by atoms with van der Waals surface area (Å²) in [6.07, 6.45) is 5.23. The zero-order chi connectivity index (χ0) is 19.7. The highest BCUT2D eigenvalue weighted by Gasteiger charge is 2.32. The van der Waals surface area contributed by atoms with Crippen molar-refractivity contribution in [3.63, 3.8) is 0 Å². The van der Waals surface area contributed by atoms with Crippen LogP contribution in [0.15, 0.2) is 41.6 Å². The van der Waals surface area contributed by atoms with Crippen molar-refractivity contribution in [1.82, 2.24) is 25.1 Å². The Morgan fingerprint density at radius 2 is 2.29 bits per heavy atom. The van der Waals surface area contributed by atoms with Crippen molar-refractivity contribution in [1.29, 1.82) is 0 Å². The van der Waals surface area contributed by atoms with Crippen LogP contribution in [-0.2, 0) is 11.3 Å². The Labute approximate surface area is 157 Å². The summed E-state index contributed by atoms with van der Waals surface area (Å²) in [4.78, 5) is 34.4. The molecule has 1 atom stereocenters. The zero-order valence-electron chi connectivity index (χ0n) is 14.7. The summed E-state index contributed by atoms with van der Waals surface area (Å²) >= 11 is 0. The molecular weight excluding hydrogens is 371 g/mol. The quantitative estimate of drug-likeness (QED) is 0.698. The van der Waals surface area contributed by atoms with E-state index in [1.165, 1.54) is 35.5 Å². The number of anilines is 1. The largest absolute Gasteiger partial charge is 0.487 e. The second-order valence-corrected chi connectivity index (χ2v) is 6.06. The molecule has 144 valence electrons. The van der Waals surface area contributed by atoms with E-state index in [1.54, 1.807) is 12.1 Å². The molecule has 28 heavy (non-hydrogen) atoms. The number of amides is 2. The molecule has 0 radical (unpaired) electrons. The predicted octanol–water partition coefficient (Wildman–Crippen LogP) is 0.607. The molecule has 0 unspecified atom stereocenters. The fourth-order valence-electron chi connectivity index (χ4n) is 2.77. The van der Waals surface area contributed by atoms with Gasteiger partial charge >= 0.3 is 0 Å². The van der Waals surface area contributed by atoms with E-state index < -0.39 is 29.4 Å². The number of nitrogens with one attached hydrogen (secondary N) is 1. The Morgan fingerprint density at radius 3 is 3.07 bits per heavy atom. The number of hydrogen-bond donors (Lipinski definition) is 1. The third-order valence-electron chi connectivity index (χ3n) is 4.15. The maximum absolute atomic E-state index is 14.2. The van der Waals surface area contributed by atoms with Gasteiger partial charge in [-0.15, -0.1) is 0 Å². The van der Waals surface area contributed by atoms with E-state index in [9.17, 15) is 14.0 Å². The number of hydrogen-bond acceptors (Lipinski definition) is 7. The molecule has 0 spiro atoms. The molecule has 0 fully saturated rings. The number of pyridine rings is 1. The van der Waals surface area contributed by atoms with Crippen LogP contribution in [0.2, 0.25) is 0 Å². The van der Waals surface area contributed by atoms with Gasteiger partial charge in [-0.2, -0.15) is 5.10 Å². The lowest BCUT2D eigenvalue weighted by Crippen LogP contribution is -2.49. The summed E-state index contributed by atoms with van der Waals surface area (Å²) in [6, 6.07) is 2.32. The van der Waals surface area contributed by atoms with E-state index in [0.717, 1.165) is 6.20 Å². The Kier molecular flexibility index (Phi) is 4.47. The number of aromatic nitrogens is 4. The molecule has 0 aliphatic carbocycles. The third-order valence-corrected chi connectivity index (χ3v) is 4.15. The average Bonchev–Trinajstić information content (AvgIpc) is 3.31. The van der Waals surface area contributed by atoms with Crippen molar-refractivity contribution < 1.29 is 23.1 Å². The molecule has 3 aromatic heterocycles. The number of rotatable bonds is 4. The maximum atomic E-state index is 14.2. The molecular formula is C17H15FN6O4. The van der Waals surface area contributed by atoms with Gasteiger partial charge in [0.25, 0.3) is 11.8 Å². The topological polar surface area (TPSA) is 115 Å². The second-order valence-electron chi connectivity index (χ2n) is 6.06. The first-order valence-corrected chi connectivity index (χ1v) is 8.29. The van der Waals surface area contributed by atoms with Crippen molar-refractivity contribution in [3.05, 3.63) is 54.4 Å². The highest BCUT2D eigenvalue weighted by molar-refractivity contribution is 6.02. The van der Waals surface area contributed by atoms with E-state index >= 15 is 0 Å². The van der Waals surface area contributed by atoms with Crippen molar-refractivity contribution >= 4 is 17.6 Å². The van der Waals surface area contributed by atoms with E-state index in [2.05, 4.69) is 20.4 Å². The maximum Gasteiger partial charge on any atom is 0.275 e. The highest BCUT2D eigenvalue weighted by atomic mass is 19.1. The molecule has 3 aromatic rings. The van der Waals surface area contributed by atoms with Gasteiger partial charge in [0.05, 0.1) is 12.7 Å². The molecule has 4 rings (SSSR count). The lowest BCUT2D eigenvalue weighted by atomic mass is 10.2. The van der Waals surface area contributed by atoms with Crippen LogP contribution in [-0.4, -0.2) is 51.3 Å².